The van der Waals surface area contributed by atoms with Crippen molar-refractivity contribution in [3.8, 4) is 0 Å². The normalized spacial score (nSPS) is 21.2. The van der Waals surface area contributed by atoms with Crippen molar-refractivity contribution < 1.29 is 8.42 Å². The molecule has 1 heterocycles. The minimum atomic E-state index is -3.48. The zero-order valence-electron chi connectivity index (χ0n) is 13.8. The van der Waals surface area contributed by atoms with Crippen molar-refractivity contribution in [1.82, 2.24) is 9.21 Å². The van der Waals surface area contributed by atoms with Crippen LogP contribution in [0.5, 0.6) is 0 Å². The highest BCUT2D eigenvalue weighted by molar-refractivity contribution is 7.90. The largest absolute Gasteiger partial charge is 0.301 e. The molecule has 1 N–H and O–H groups in total. The quantitative estimate of drug-likeness (QED) is 0.904. The van der Waals surface area contributed by atoms with E-state index in [9.17, 15) is 8.42 Å². The summed E-state index contributed by atoms with van der Waals surface area (Å²) in [7, 11) is -3.48. The van der Waals surface area contributed by atoms with Gasteiger partial charge in [-0.2, -0.15) is 12.7 Å². The molecule has 0 unspecified atom stereocenters. The number of hydrogen-bond acceptors (Lipinski definition) is 3. The molecule has 6 heteroatoms. The predicted octanol–water partition coefficient (Wildman–Crippen LogP) is 2.27. The van der Waals surface area contributed by atoms with E-state index in [0.717, 1.165) is 18.7 Å². The molecule has 0 saturated carbocycles. The standard InChI is InChI=1S/C16H26N3O2S/c1-13(2)11-18-9-10-19(12-15(18)4)22(20,21)17-16-7-5-14(3)6-8-16/h5-8,15,17H,9-12H2,1-4H3/t15-/m1/s1. The lowest BCUT2D eigenvalue weighted by molar-refractivity contribution is 0.135. The van der Waals surface area contributed by atoms with Crippen LogP contribution in [0.3, 0.4) is 0 Å². The van der Waals surface area contributed by atoms with Crippen LogP contribution in [-0.2, 0) is 10.2 Å². The van der Waals surface area contributed by atoms with E-state index in [1.165, 1.54) is 5.92 Å². The molecule has 1 aromatic carbocycles. The number of aryl methyl sites for hydroxylation is 1. The summed E-state index contributed by atoms with van der Waals surface area (Å²) in [5.41, 5.74) is 1.72. The molecular weight excluding hydrogens is 298 g/mol. The fraction of sp³-hybridized carbons (Fsp3) is 0.562. The Morgan fingerprint density at radius 1 is 1.23 bits per heavy atom. The number of nitrogens with zero attached hydrogens (tertiary/aromatic N) is 2. The van der Waals surface area contributed by atoms with E-state index in [4.69, 9.17) is 0 Å². The van der Waals surface area contributed by atoms with E-state index in [0.29, 0.717) is 18.8 Å². The Morgan fingerprint density at radius 3 is 2.41 bits per heavy atom. The maximum Gasteiger partial charge on any atom is 0.301 e. The third kappa shape index (κ3) is 4.44. The number of piperazine rings is 1. The first kappa shape index (κ1) is 17.2. The molecule has 1 aliphatic rings. The van der Waals surface area contributed by atoms with Crippen molar-refractivity contribution in [2.45, 2.75) is 33.7 Å². The monoisotopic (exact) mass is 324 g/mol. The van der Waals surface area contributed by atoms with Crippen LogP contribution >= 0.6 is 0 Å². The Hall–Kier alpha value is -1.11. The van der Waals surface area contributed by atoms with Gasteiger partial charge in [-0.1, -0.05) is 31.5 Å². The highest BCUT2D eigenvalue weighted by Crippen LogP contribution is 2.18. The summed E-state index contributed by atoms with van der Waals surface area (Å²) in [6, 6.07) is 7.61. The first-order chi connectivity index (χ1) is 10.3. The molecule has 0 aromatic heterocycles. The smallest absolute Gasteiger partial charge is 0.297 e. The minimum absolute atomic E-state index is 0.221. The first-order valence-corrected chi connectivity index (χ1v) is 9.09. The lowest BCUT2D eigenvalue weighted by atomic mass is 10.1. The average molecular weight is 324 g/mol. The molecule has 22 heavy (non-hydrogen) atoms. The summed E-state index contributed by atoms with van der Waals surface area (Å²) in [5, 5.41) is 0. The lowest BCUT2D eigenvalue weighted by Crippen LogP contribution is -2.55. The van der Waals surface area contributed by atoms with Crippen LogP contribution in [0.15, 0.2) is 24.3 Å². The van der Waals surface area contributed by atoms with Crippen LogP contribution < -0.4 is 4.72 Å². The van der Waals surface area contributed by atoms with E-state index < -0.39 is 10.2 Å². The van der Waals surface area contributed by atoms with Crippen LogP contribution in [-0.4, -0.2) is 49.8 Å². The second kappa shape index (κ2) is 6.98. The predicted molar refractivity (Wildman–Crippen MR) is 90.9 cm³/mol. The van der Waals surface area contributed by atoms with Gasteiger partial charge in [0.15, 0.2) is 0 Å². The summed E-state index contributed by atoms with van der Waals surface area (Å²) in [6.07, 6.45) is 0. The van der Waals surface area contributed by atoms with Gasteiger partial charge in [-0.25, -0.2) is 0 Å². The molecule has 123 valence electrons. The van der Waals surface area contributed by atoms with Crippen molar-refractivity contribution in [3.63, 3.8) is 0 Å². The second-order valence-electron chi connectivity index (χ2n) is 6.36. The third-order valence-corrected chi connectivity index (χ3v) is 5.39. The first-order valence-electron chi connectivity index (χ1n) is 7.65. The van der Waals surface area contributed by atoms with Gasteiger partial charge in [0.25, 0.3) is 0 Å². The van der Waals surface area contributed by atoms with Crippen LogP contribution in [0.1, 0.15) is 26.3 Å². The van der Waals surface area contributed by atoms with Gasteiger partial charge < -0.3 is 0 Å². The fourth-order valence-corrected chi connectivity index (χ4v) is 3.95. The molecule has 0 bridgehead atoms. The summed E-state index contributed by atoms with van der Waals surface area (Å²) in [5.74, 6) is 1.35. The highest BCUT2D eigenvalue weighted by Gasteiger charge is 2.31. The van der Waals surface area contributed by atoms with E-state index in [-0.39, 0.29) is 6.04 Å². The Labute approximate surface area is 134 Å². The molecule has 1 aromatic rings. The van der Waals surface area contributed by atoms with E-state index in [1.54, 1.807) is 16.4 Å². The molecule has 1 fully saturated rings. The molecule has 1 aliphatic heterocycles. The van der Waals surface area contributed by atoms with Gasteiger partial charge in [0.2, 0.25) is 0 Å². The molecular formula is C16H26N3O2S. The maximum atomic E-state index is 12.5. The Balaban J connectivity index is 2.00. The van der Waals surface area contributed by atoms with Crippen molar-refractivity contribution in [1.29, 1.82) is 0 Å². The molecule has 5 nitrogen and oxygen atoms in total. The number of anilines is 1. The molecule has 0 spiro atoms. The number of nitrogens with one attached hydrogen (secondary N) is 1. The van der Waals surface area contributed by atoms with Gasteiger partial charge >= 0.3 is 10.2 Å². The van der Waals surface area contributed by atoms with Gasteiger partial charge in [0.05, 0.1) is 0 Å². The Bertz CT molecular complexity index is 584. The molecule has 0 aliphatic carbocycles. The van der Waals surface area contributed by atoms with E-state index >= 15 is 0 Å². The van der Waals surface area contributed by atoms with Crippen molar-refractivity contribution in [2.75, 3.05) is 30.9 Å². The zero-order chi connectivity index (χ0) is 16.3. The third-order valence-electron chi connectivity index (χ3n) is 3.89. The summed E-state index contributed by atoms with van der Waals surface area (Å²) >= 11 is 0. The summed E-state index contributed by atoms with van der Waals surface area (Å²) in [4.78, 5) is 2.33. The van der Waals surface area contributed by atoms with Gasteiger partial charge in [0, 0.05) is 37.9 Å². The lowest BCUT2D eigenvalue weighted by Gasteiger charge is -2.39. The maximum absolute atomic E-state index is 12.5. The second-order valence-corrected chi connectivity index (χ2v) is 8.03. The van der Waals surface area contributed by atoms with Gasteiger partial charge in [-0.15, -0.1) is 0 Å². The molecule has 0 amide bonds. The van der Waals surface area contributed by atoms with Crippen LogP contribution in [0.25, 0.3) is 0 Å². The molecule has 1 atom stereocenters. The fourth-order valence-electron chi connectivity index (χ4n) is 2.66. The zero-order valence-corrected chi connectivity index (χ0v) is 14.7. The minimum Gasteiger partial charge on any atom is -0.297 e. The Morgan fingerprint density at radius 2 is 1.86 bits per heavy atom. The summed E-state index contributed by atoms with van der Waals surface area (Å²) in [6.45, 7) is 11.0. The van der Waals surface area contributed by atoms with E-state index in [2.05, 4.69) is 30.4 Å². The molecule has 2 rings (SSSR count). The van der Waals surface area contributed by atoms with Crippen molar-refractivity contribution >= 4 is 15.9 Å². The van der Waals surface area contributed by atoms with Crippen molar-refractivity contribution in [2.24, 2.45) is 0 Å². The molecule has 1 radical (unpaired) electrons. The van der Waals surface area contributed by atoms with Gasteiger partial charge in [0.1, 0.15) is 0 Å². The number of benzene rings is 1. The Kier molecular flexibility index (Phi) is 5.47. The average Bonchev–Trinajstić information content (AvgIpc) is 2.43. The highest BCUT2D eigenvalue weighted by atomic mass is 32.2. The van der Waals surface area contributed by atoms with Gasteiger partial charge in [-0.05, 0) is 31.9 Å². The van der Waals surface area contributed by atoms with Crippen LogP contribution in [0.2, 0.25) is 0 Å². The van der Waals surface area contributed by atoms with E-state index in [1.807, 2.05) is 19.1 Å². The SMILES string of the molecule is C[C](C)CN1CCN(S(=O)(=O)Nc2ccc(C)cc2)C[C@H]1C. The summed E-state index contributed by atoms with van der Waals surface area (Å²) < 4.78 is 29.2. The number of rotatable bonds is 5. The van der Waals surface area contributed by atoms with Crippen molar-refractivity contribution in [3.05, 3.63) is 35.7 Å². The van der Waals surface area contributed by atoms with Crippen LogP contribution in [0, 0.1) is 12.8 Å². The topological polar surface area (TPSA) is 52.7 Å². The number of hydrogen-bond donors (Lipinski definition) is 1. The molecule has 1 saturated heterocycles. The van der Waals surface area contributed by atoms with Crippen LogP contribution in [0.4, 0.5) is 5.69 Å². The van der Waals surface area contributed by atoms with Gasteiger partial charge in [-0.3, -0.25) is 9.62 Å².